The van der Waals surface area contributed by atoms with Gasteiger partial charge in [-0.3, -0.25) is 0 Å². The molecule has 1 aromatic heterocycles. The van der Waals surface area contributed by atoms with Crippen LogP contribution in [0.15, 0.2) is 46.9 Å². The highest BCUT2D eigenvalue weighted by atomic mass is 16.5. The van der Waals surface area contributed by atoms with Crippen LogP contribution in [0.2, 0.25) is 0 Å². The smallest absolute Gasteiger partial charge is 0.300 e. The van der Waals surface area contributed by atoms with Crippen molar-refractivity contribution in [2.75, 3.05) is 11.1 Å². The van der Waals surface area contributed by atoms with E-state index in [0.29, 0.717) is 22.8 Å². The van der Waals surface area contributed by atoms with Crippen LogP contribution in [0.3, 0.4) is 0 Å². The Labute approximate surface area is 122 Å². The van der Waals surface area contributed by atoms with Crippen LogP contribution in [0.1, 0.15) is 13.8 Å². The second kappa shape index (κ2) is 5.36. The van der Waals surface area contributed by atoms with Crippen molar-refractivity contribution < 1.29 is 9.15 Å². The number of nitrogens with one attached hydrogen (secondary N) is 1. The molecule has 0 unspecified atom stereocenters. The van der Waals surface area contributed by atoms with Crippen molar-refractivity contribution in [3.05, 3.63) is 42.5 Å². The first kappa shape index (κ1) is 13.3. The normalized spacial score (nSPS) is 11.0. The van der Waals surface area contributed by atoms with Crippen LogP contribution >= 0.6 is 0 Å². The number of nitrogens with zero attached hydrogens (tertiary/aromatic N) is 1. The quantitative estimate of drug-likeness (QED) is 0.709. The topological polar surface area (TPSA) is 73.3 Å². The number of benzene rings is 2. The van der Waals surface area contributed by atoms with Crippen LogP contribution in [0.5, 0.6) is 5.75 Å². The van der Waals surface area contributed by atoms with E-state index in [-0.39, 0.29) is 6.10 Å². The van der Waals surface area contributed by atoms with Gasteiger partial charge in [0.1, 0.15) is 11.3 Å². The zero-order valence-corrected chi connectivity index (χ0v) is 12.0. The van der Waals surface area contributed by atoms with Gasteiger partial charge in [0.2, 0.25) is 0 Å². The molecule has 0 saturated carbocycles. The number of nitrogen functional groups attached to an aromatic ring is 1. The lowest BCUT2D eigenvalue weighted by Crippen LogP contribution is -2.05. The van der Waals surface area contributed by atoms with Crippen molar-refractivity contribution in [2.24, 2.45) is 0 Å². The third-order valence-corrected chi connectivity index (χ3v) is 2.93. The first-order valence-corrected chi connectivity index (χ1v) is 6.80. The number of aromatic nitrogens is 1. The monoisotopic (exact) mass is 283 g/mol. The predicted octanol–water partition coefficient (Wildman–Crippen LogP) is 3.94. The molecule has 3 N–H and O–H groups in total. The van der Waals surface area contributed by atoms with Crippen LogP contribution < -0.4 is 15.8 Å². The maximum absolute atomic E-state index is 5.86. The van der Waals surface area contributed by atoms with Crippen LogP contribution in [-0.2, 0) is 0 Å². The number of hydrogen-bond donors (Lipinski definition) is 2. The molecule has 0 radical (unpaired) electrons. The minimum absolute atomic E-state index is 0.156. The van der Waals surface area contributed by atoms with Crippen LogP contribution in [0, 0.1) is 0 Å². The van der Waals surface area contributed by atoms with Gasteiger partial charge in [-0.2, -0.15) is 4.98 Å². The van der Waals surface area contributed by atoms with Gasteiger partial charge < -0.3 is 20.2 Å². The minimum atomic E-state index is 0.156. The lowest BCUT2D eigenvalue weighted by Gasteiger charge is -2.10. The van der Waals surface area contributed by atoms with Crippen LogP contribution in [0.25, 0.3) is 11.1 Å². The Balaban J connectivity index is 1.80. The molecule has 0 saturated heterocycles. The van der Waals surface area contributed by atoms with Crippen molar-refractivity contribution >= 4 is 28.5 Å². The van der Waals surface area contributed by atoms with Crippen molar-refractivity contribution in [3.63, 3.8) is 0 Å². The van der Waals surface area contributed by atoms with Gasteiger partial charge in [0, 0.05) is 5.69 Å². The highest BCUT2D eigenvalue weighted by Gasteiger charge is 2.08. The Morgan fingerprint density at radius 3 is 2.57 bits per heavy atom. The lowest BCUT2D eigenvalue weighted by atomic mass is 10.3. The fourth-order valence-corrected chi connectivity index (χ4v) is 2.04. The standard InChI is InChI=1S/C16H17N3O2/c1-10(2)20-12-8-6-11(7-9-12)18-16-19-15-13(17)4-3-5-14(15)21-16/h3-10H,17H2,1-2H3,(H,18,19). The summed E-state index contributed by atoms with van der Waals surface area (Å²) >= 11 is 0. The van der Waals surface area contributed by atoms with Gasteiger partial charge in [-0.05, 0) is 50.2 Å². The van der Waals surface area contributed by atoms with E-state index in [1.165, 1.54) is 0 Å². The van der Waals surface area contributed by atoms with Gasteiger partial charge >= 0.3 is 0 Å². The van der Waals surface area contributed by atoms with Crippen molar-refractivity contribution in [3.8, 4) is 5.75 Å². The third-order valence-electron chi connectivity index (χ3n) is 2.93. The SMILES string of the molecule is CC(C)Oc1ccc(Nc2nc3c(N)cccc3o2)cc1. The summed E-state index contributed by atoms with van der Waals surface area (Å²) in [7, 11) is 0. The molecule has 5 heteroatoms. The summed E-state index contributed by atoms with van der Waals surface area (Å²) in [4.78, 5) is 4.34. The average molecular weight is 283 g/mol. The highest BCUT2D eigenvalue weighted by Crippen LogP contribution is 2.26. The van der Waals surface area contributed by atoms with E-state index < -0.39 is 0 Å². The number of ether oxygens (including phenoxy) is 1. The summed E-state index contributed by atoms with van der Waals surface area (Å²) in [5, 5.41) is 3.11. The molecule has 108 valence electrons. The second-order valence-electron chi connectivity index (χ2n) is 5.03. The summed E-state index contributed by atoms with van der Waals surface area (Å²) in [5.41, 5.74) is 8.67. The van der Waals surface area contributed by atoms with E-state index in [1.54, 1.807) is 6.07 Å². The largest absolute Gasteiger partial charge is 0.491 e. The molecule has 3 rings (SSSR count). The average Bonchev–Trinajstić information content (AvgIpc) is 2.84. The van der Waals surface area contributed by atoms with Crippen molar-refractivity contribution in [1.29, 1.82) is 0 Å². The Bertz CT molecular complexity index is 748. The molecule has 0 aliphatic heterocycles. The fraction of sp³-hybridized carbons (Fsp3) is 0.188. The van der Waals surface area contributed by atoms with Crippen LogP contribution in [0.4, 0.5) is 17.4 Å². The summed E-state index contributed by atoms with van der Waals surface area (Å²) in [6, 6.07) is 13.5. The summed E-state index contributed by atoms with van der Waals surface area (Å²) in [5.74, 6) is 0.831. The molecule has 0 aliphatic rings. The lowest BCUT2D eigenvalue weighted by molar-refractivity contribution is 0.242. The second-order valence-corrected chi connectivity index (χ2v) is 5.03. The summed E-state index contributed by atoms with van der Waals surface area (Å²) in [6.07, 6.45) is 0.156. The molecule has 21 heavy (non-hydrogen) atoms. The Hall–Kier alpha value is -2.69. The van der Waals surface area contributed by atoms with E-state index in [9.17, 15) is 0 Å². The van der Waals surface area contributed by atoms with Gasteiger partial charge in [-0.15, -0.1) is 0 Å². The number of hydrogen-bond acceptors (Lipinski definition) is 5. The molecule has 0 fully saturated rings. The number of oxazole rings is 1. The highest BCUT2D eigenvalue weighted by molar-refractivity contribution is 5.86. The number of para-hydroxylation sites is 1. The summed E-state index contributed by atoms with van der Waals surface area (Å²) < 4.78 is 11.2. The minimum Gasteiger partial charge on any atom is -0.491 e. The van der Waals surface area contributed by atoms with E-state index in [1.807, 2.05) is 50.2 Å². The predicted molar refractivity (Wildman–Crippen MR) is 83.9 cm³/mol. The fourth-order valence-electron chi connectivity index (χ4n) is 2.04. The molecule has 1 heterocycles. The van der Waals surface area contributed by atoms with Gasteiger partial charge in [0.15, 0.2) is 5.58 Å². The molecular weight excluding hydrogens is 266 g/mol. The first-order chi connectivity index (χ1) is 10.1. The van der Waals surface area contributed by atoms with Gasteiger partial charge in [-0.25, -0.2) is 0 Å². The molecule has 3 aromatic rings. The van der Waals surface area contributed by atoms with Crippen molar-refractivity contribution in [1.82, 2.24) is 4.98 Å². The van der Waals surface area contributed by atoms with E-state index in [4.69, 9.17) is 14.9 Å². The first-order valence-electron chi connectivity index (χ1n) is 6.80. The van der Waals surface area contributed by atoms with Gasteiger partial charge in [0.05, 0.1) is 11.8 Å². The number of anilines is 3. The molecule has 0 spiro atoms. The van der Waals surface area contributed by atoms with E-state index >= 15 is 0 Å². The van der Waals surface area contributed by atoms with Crippen LogP contribution in [-0.4, -0.2) is 11.1 Å². The Morgan fingerprint density at radius 2 is 1.90 bits per heavy atom. The molecule has 0 amide bonds. The molecule has 0 bridgehead atoms. The zero-order valence-electron chi connectivity index (χ0n) is 12.0. The maximum Gasteiger partial charge on any atom is 0.300 e. The molecule has 0 atom stereocenters. The zero-order chi connectivity index (χ0) is 14.8. The molecular formula is C16H17N3O2. The van der Waals surface area contributed by atoms with Gasteiger partial charge in [0.25, 0.3) is 6.01 Å². The Kier molecular flexibility index (Phi) is 3.39. The number of nitrogens with two attached hydrogens (primary N) is 1. The van der Waals surface area contributed by atoms with Gasteiger partial charge in [-0.1, -0.05) is 6.07 Å². The third kappa shape index (κ3) is 2.91. The molecule has 0 aliphatic carbocycles. The Morgan fingerprint density at radius 1 is 1.14 bits per heavy atom. The van der Waals surface area contributed by atoms with E-state index in [2.05, 4.69) is 10.3 Å². The summed E-state index contributed by atoms with van der Waals surface area (Å²) in [6.45, 7) is 3.99. The van der Waals surface area contributed by atoms with E-state index in [0.717, 1.165) is 11.4 Å². The molecule has 2 aromatic carbocycles. The van der Waals surface area contributed by atoms with Crippen molar-refractivity contribution in [2.45, 2.75) is 20.0 Å². The maximum atomic E-state index is 5.86. The molecule has 5 nitrogen and oxygen atoms in total. The number of rotatable bonds is 4. The number of fused-ring (bicyclic) bond motifs is 1.